The minimum Gasteiger partial charge on any atom is -0.473 e. The maximum Gasteiger partial charge on any atom is 0.217 e. The summed E-state index contributed by atoms with van der Waals surface area (Å²) in [6, 6.07) is 11.2. The van der Waals surface area contributed by atoms with Crippen molar-refractivity contribution < 1.29 is 4.74 Å². The van der Waals surface area contributed by atoms with Gasteiger partial charge in [-0.15, -0.1) is 0 Å². The highest BCUT2D eigenvalue weighted by Crippen LogP contribution is 2.12. The fourth-order valence-corrected chi connectivity index (χ4v) is 1.65. The molecule has 2 aromatic heterocycles. The van der Waals surface area contributed by atoms with Crippen molar-refractivity contribution in [3.05, 3.63) is 54.4 Å². The van der Waals surface area contributed by atoms with Crippen molar-refractivity contribution >= 4 is 11.3 Å². The molecule has 1 aromatic carbocycles. The number of ether oxygens (including phenoxy) is 1. The molecule has 0 saturated heterocycles. The highest BCUT2D eigenvalue weighted by atomic mass is 16.5. The van der Waals surface area contributed by atoms with Crippen molar-refractivity contribution in [2.75, 3.05) is 5.73 Å². The first-order valence-corrected chi connectivity index (χ1v) is 5.59. The van der Waals surface area contributed by atoms with Crippen LogP contribution in [0.15, 0.2) is 48.8 Å². The van der Waals surface area contributed by atoms with E-state index in [4.69, 9.17) is 10.5 Å². The van der Waals surface area contributed by atoms with Crippen LogP contribution in [0.1, 0.15) is 5.56 Å². The van der Waals surface area contributed by atoms with Crippen LogP contribution >= 0.6 is 0 Å². The summed E-state index contributed by atoms with van der Waals surface area (Å²) in [6.45, 7) is 0.470. The molecule has 0 saturated carbocycles. The highest BCUT2D eigenvalue weighted by Gasteiger charge is 2.00. The average molecular weight is 240 g/mol. The second-order valence-electron chi connectivity index (χ2n) is 3.93. The zero-order valence-corrected chi connectivity index (χ0v) is 9.65. The molecule has 0 aliphatic rings. The summed E-state index contributed by atoms with van der Waals surface area (Å²) in [5.74, 6) is 0.583. The standard InChI is InChI=1S/C13H12N4O/c14-11-3-1-10(2-4-11)9-18-13-6-8-17-12(16-13)5-7-15-17/h1-8H,9,14H2. The van der Waals surface area contributed by atoms with E-state index in [1.165, 1.54) is 0 Å². The first-order chi connectivity index (χ1) is 8.81. The third kappa shape index (κ3) is 2.10. The molecule has 0 atom stereocenters. The molecular weight excluding hydrogens is 228 g/mol. The minimum absolute atomic E-state index is 0.470. The largest absolute Gasteiger partial charge is 0.473 e. The number of hydrogen-bond donors (Lipinski definition) is 1. The second-order valence-corrected chi connectivity index (χ2v) is 3.93. The smallest absolute Gasteiger partial charge is 0.217 e. The minimum atomic E-state index is 0.470. The van der Waals surface area contributed by atoms with Crippen LogP contribution in [-0.2, 0) is 6.61 Å². The number of benzene rings is 1. The summed E-state index contributed by atoms with van der Waals surface area (Å²) in [7, 11) is 0. The van der Waals surface area contributed by atoms with Gasteiger partial charge < -0.3 is 10.5 Å². The van der Waals surface area contributed by atoms with Gasteiger partial charge in [-0.25, -0.2) is 4.52 Å². The lowest BCUT2D eigenvalue weighted by Crippen LogP contribution is -1.99. The average Bonchev–Trinajstić information content (AvgIpc) is 2.85. The quantitative estimate of drug-likeness (QED) is 0.710. The molecule has 5 heteroatoms. The molecule has 0 amide bonds. The fraction of sp³-hybridized carbons (Fsp3) is 0.0769. The van der Waals surface area contributed by atoms with E-state index >= 15 is 0 Å². The topological polar surface area (TPSA) is 65.4 Å². The molecule has 2 N–H and O–H groups in total. The lowest BCUT2D eigenvalue weighted by atomic mass is 10.2. The van der Waals surface area contributed by atoms with Crippen LogP contribution in [0.25, 0.3) is 5.65 Å². The van der Waals surface area contributed by atoms with Crippen molar-refractivity contribution in [3.8, 4) is 5.88 Å². The van der Waals surface area contributed by atoms with Crippen LogP contribution in [0.2, 0.25) is 0 Å². The third-order valence-electron chi connectivity index (χ3n) is 2.60. The molecule has 0 bridgehead atoms. The van der Waals surface area contributed by atoms with Gasteiger partial charge in [0.1, 0.15) is 6.61 Å². The van der Waals surface area contributed by atoms with Gasteiger partial charge in [0.2, 0.25) is 5.88 Å². The molecule has 3 rings (SSSR count). The Morgan fingerprint density at radius 2 is 1.94 bits per heavy atom. The zero-order valence-electron chi connectivity index (χ0n) is 9.65. The number of nitrogen functional groups attached to an aromatic ring is 1. The fourth-order valence-electron chi connectivity index (χ4n) is 1.65. The zero-order chi connectivity index (χ0) is 12.4. The Balaban J connectivity index is 1.74. The number of aromatic nitrogens is 3. The Hall–Kier alpha value is -2.56. The van der Waals surface area contributed by atoms with Crippen LogP contribution in [-0.4, -0.2) is 14.6 Å². The summed E-state index contributed by atoms with van der Waals surface area (Å²) in [4.78, 5) is 4.32. The maximum atomic E-state index is 5.62. The summed E-state index contributed by atoms with van der Waals surface area (Å²) < 4.78 is 7.31. The highest BCUT2D eigenvalue weighted by molar-refractivity contribution is 5.39. The predicted octanol–water partition coefficient (Wildman–Crippen LogP) is 1.89. The van der Waals surface area contributed by atoms with E-state index in [0.717, 1.165) is 16.9 Å². The van der Waals surface area contributed by atoms with E-state index in [9.17, 15) is 0 Å². The summed E-state index contributed by atoms with van der Waals surface area (Å²) >= 11 is 0. The Morgan fingerprint density at radius 3 is 2.78 bits per heavy atom. The molecule has 90 valence electrons. The van der Waals surface area contributed by atoms with Crippen molar-refractivity contribution in [1.29, 1.82) is 0 Å². The van der Waals surface area contributed by atoms with Gasteiger partial charge in [-0.2, -0.15) is 10.1 Å². The molecule has 3 aromatic rings. The van der Waals surface area contributed by atoms with Crippen LogP contribution in [0.4, 0.5) is 5.69 Å². The molecule has 0 unspecified atom stereocenters. The van der Waals surface area contributed by atoms with E-state index in [2.05, 4.69) is 10.1 Å². The summed E-state index contributed by atoms with van der Waals surface area (Å²) in [5, 5.41) is 4.07. The Morgan fingerprint density at radius 1 is 1.11 bits per heavy atom. The molecule has 18 heavy (non-hydrogen) atoms. The second kappa shape index (κ2) is 4.37. The number of fused-ring (bicyclic) bond motifs is 1. The van der Waals surface area contributed by atoms with Gasteiger partial charge >= 0.3 is 0 Å². The van der Waals surface area contributed by atoms with E-state index in [1.807, 2.05) is 36.5 Å². The molecular formula is C13H12N4O. The van der Waals surface area contributed by atoms with E-state index < -0.39 is 0 Å². The Kier molecular flexibility index (Phi) is 2.57. The molecule has 0 radical (unpaired) electrons. The van der Waals surface area contributed by atoms with Gasteiger partial charge in [0.05, 0.1) is 6.20 Å². The van der Waals surface area contributed by atoms with Gasteiger partial charge in [-0.3, -0.25) is 0 Å². The SMILES string of the molecule is Nc1ccc(COc2ccn3nccc3n2)cc1. The first-order valence-electron chi connectivity index (χ1n) is 5.59. The lowest BCUT2D eigenvalue weighted by molar-refractivity contribution is 0.294. The normalized spacial score (nSPS) is 10.7. The summed E-state index contributed by atoms with van der Waals surface area (Å²) in [6.07, 6.45) is 3.52. The van der Waals surface area contributed by atoms with Crippen LogP contribution in [0.5, 0.6) is 5.88 Å². The van der Waals surface area contributed by atoms with E-state index in [1.54, 1.807) is 16.8 Å². The number of nitrogens with zero attached hydrogens (tertiary/aromatic N) is 3. The number of hydrogen-bond acceptors (Lipinski definition) is 4. The van der Waals surface area contributed by atoms with E-state index in [-0.39, 0.29) is 0 Å². The monoisotopic (exact) mass is 240 g/mol. The number of rotatable bonds is 3. The van der Waals surface area contributed by atoms with Gasteiger partial charge in [-0.05, 0) is 17.7 Å². The van der Waals surface area contributed by atoms with Crippen molar-refractivity contribution in [1.82, 2.24) is 14.6 Å². The van der Waals surface area contributed by atoms with Gasteiger partial charge in [0, 0.05) is 24.0 Å². The Labute approximate surface area is 104 Å². The number of anilines is 1. The van der Waals surface area contributed by atoms with Gasteiger partial charge in [0.25, 0.3) is 0 Å². The molecule has 0 spiro atoms. The van der Waals surface area contributed by atoms with Gasteiger partial charge in [0.15, 0.2) is 5.65 Å². The predicted molar refractivity (Wildman–Crippen MR) is 68.2 cm³/mol. The molecule has 0 fully saturated rings. The molecule has 5 nitrogen and oxygen atoms in total. The first kappa shape index (κ1) is 10.6. The van der Waals surface area contributed by atoms with Crippen molar-refractivity contribution in [2.24, 2.45) is 0 Å². The molecule has 2 heterocycles. The lowest BCUT2D eigenvalue weighted by Gasteiger charge is -2.05. The van der Waals surface area contributed by atoms with Crippen LogP contribution in [0, 0.1) is 0 Å². The Bertz CT molecular complexity index is 660. The number of nitrogens with two attached hydrogens (primary N) is 1. The molecule has 0 aliphatic carbocycles. The maximum absolute atomic E-state index is 5.62. The van der Waals surface area contributed by atoms with Crippen molar-refractivity contribution in [3.63, 3.8) is 0 Å². The van der Waals surface area contributed by atoms with Crippen LogP contribution < -0.4 is 10.5 Å². The summed E-state index contributed by atoms with van der Waals surface area (Å²) in [5.41, 5.74) is 8.19. The van der Waals surface area contributed by atoms with Crippen LogP contribution in [0.3, 0.4) is 0 Å². The molecule has 0 aliphatic heterocycles. The van der Waals surface area contributed by atoms with Crippen molar-refractivity contribution in [2.45, 2.75) is 6.61 Å². The third-order valence-corrected chi connectivity index (χ3v) is 2.60. The van der Waals surface area contributed by atoms with Gasteiger partial charge in [-0.1, -0.05) is 12.1 Å². The van der Waals surface area contributed by atoms with E-state index in [0.29, 0.717) is 12.5 Å².